The van der Waals surface area contributed by atoms with Crippen molar-refractivity contribution in [3.8, 4) is 11.5 Å². The van der Waals surface area contributed by atoms with Crippen LogP contribution in [-0.2, 0) is 6.54 Å². The van der Waals surface area contributed by atoms with Crippen LogP contribution in [0.3, 0.4) is 0 Å². The Kier molecular flexibility index (Phi) is 4.51. The van der Waals surface area contributed by atoms with Gasteiger partial charge in [-0.25, -0.2) is 0 Å². The maximum absolute atomic E-state index is 5.33. The van der Waals surface area contributed by atoms with Crippen LogP contribution in [0.2, 0.25) is 0 Å². The molecule has 1 aliphatic rings. The summed E-state index contributed by atoms with van der Waals surface area (Å²) in [7, 11) is 3.31. The lowest BCUT2D eigenvalue weighted by Gasteiger charge is -2.12. The van der Waals surface area contributed by atoms with Crippen LogP contribution in [0.5, 0.6) is 11.5 Å². The lowest BCUT2D eigenvalue weighted by Crippen LogP contribution is -2.16. The molecule has 4 heteroatoms. The largest absolute Gasteiger partial charge is 0.493 e. The minimum absolute atomic E-state index is 0.747. The molecule has 1 N–H and O–H groups in total. The topological polar surface area (TPSA) is 30.5 Å². The van der Waals surface area contributed by atoms with E-state index in [0.717, 1.165) is 40.9 Å². The van der Waals surface area contributed by atoms with Crippen molar-refractivity contribution in [2.45, 2.75) is 19.9 Å². The van der Waals surface area contributed by atoms with Gasteiger partial charge in [-0.2, -0.15) is 0 Å². The van der Waals surface area contributed by atoms with E-state index in [-0.39, 0.29) is 0 Å². The minimum atomic E-state index is 0.747. The first-order chi connectivity index (χ1) is 8.65. The van der Waals surface area contributed by atoms with Crippen molar-refractivity contribution in [2.75, 3.05) is 20.8 Å². The van der Waals surface area contributed by atoms with Gasteiger partial charge in [-0.05, 0) is 58.4 Å². The highest BCUT2D eigenvalue weighted by molar-refractivity contribution is 9.10. The molecule has 1 saturated carbocycles. The van der Waals surface area contributed by atoms with Gasteiger partial charge < -0.3 is 14.8 Å². The predicted octanol–water partition coefficient (Wildman–Crippen LogP) is 3.21. The van der Waals surface area contributed by atoms with Gasteiger partial charge in [0.05, 0.1) is 18.7 Å². The first kappa shape index (κ1) is 13.7. The molecule has 1 fully saturated rings. The molecule has 0 heterocycles. The molecule has 0 bridgehead atoms. The van der Waals surface area contributed by atoms with Gasteiger partial charge in [0.15, 0.2) is 11.5 Å². The standard InChI is InChI=1S/C14H20BrNO2/c1-9-4-11(9)8-16-7-10-5-12(15)14(18-3)13(6-10)17-2/h5-6,9,11,16H,4,7-8H2,1-3H3. The third-order valence-electron chi connectivity index (χ3n) is 3.51. The summed E-state index contributed by atoms with van der Waals surface area (Å²) in [6, 6.07) is 4.09. The number of hydrogen-bond acceptors (Lipinski definition) is 3. The fraction of sp³-hybridized carbons (Fsp3) is 0.571. The summed E-state index contributed by atoms with van der Waals surface area (Å²) in [5.74, 6) is 3.28. The Balaban J connectivity index is 1.97. The second-order valence-electron chi connectivity index (χ2n) is 4.92. The highest BCUT2D eigenvalue weighted by Gasteiger charge is 2.31. The monoisotopic (exact) mass is 313 g/mol. The van der Waals surface area contributed by atoms with Gasteiger partial charge in [-0.3, -0.25) is 0 Å². The van der Waals surface area contributed by atoms with Crippen LogP contribution in [0.1, 0.15) is 18.9 Å². The molecule has 1 aromatic rings. The molecule has 3 nitrogen and oxygen atoms in total. The van der Waals surface area contributed by atoms with E-state index in [1.807, 2.05) is 6.07 Å². The molecule has 0 spiro atoms. The van der Waals surface area contributed by atoms with E-state index in [1.165, 1.54) is 12.0 Å². The lowest BCUT2D eigenvalue weighted by molar-refractivity contribution is 0.352. The van der Waals surface area contributed by atoms with Crippen LogP contribution in [0.4, 0.5) is 0 Å². The summed E-state index contributed by atoms with van der Waals surface area (Å²) in [6.07, 6.45) is 1.36. The maximum atomic E-state index is 5.33. The van der Waals surface area contributed by atoms with Crippen molar-refractivity contribution in [1.82, 2.24) is 5.32 Å². The van der Waals surface area contributed by atoms with Crippen LogP contribution < -0.4 is 14.8 Å². The van der Waals surface area contributed by atoms with Crippen LogP contribution in [-0.4, -0.2) is 20.8 Å². The zero-order valence-electron chi connectivity index (χ0n) is 11.1. The van der Waals surface area contributed by atoms with E-state index in [9.17, 15) is 0 Å². The van der Waals surface area contributed by atoms with E-state index in [2.05, 4.69) is 34.2 Å². The fourth-order valence-corrected chi connectivity index (χ4v) is 2.81. The molecule has 0 amide bonds. The number of rotatable bonds is 6. The first-order valence-corrected chi connectivity index (χ1v) is 7.06. The predicted molar refractivity (Wildman–Crippen MR) is 76.2 cm³/mol. The highest BCUT2D eigenvalue weighted by atomic mass is 79.9. The quantitative estimate of drug-likeness (QED) is 0.874. The average molecular weight is 314 g/mol. The van der Waals surface area contributed by atoms with Gasteiger partial charge in [-0.1, -0.05) is 6.92 Å². The van der Waals surface area contributed by atoms with Gasteiger partial charge in [0.1, 0.15) is 0 Å². The number of halogens is 1. The van der Waals surface area contributed by atoms with Gasteiger partial charge in [0.2, 0.25) is 0 Å². The fourth-order valence-electron chi connectivity index (χ4n) is 2.16. The molecular weight excluding hydrogens is 294 g/mol. The normalized spacial score (nSPS) is 21.8. The van der Waals surface area contributed by atoms with Crippen LogP contribution in [0.15, 0.2) is 16.6 Å². The highest BCUT2D eigenvalue weighted by Crippen LogP contribution is 2.37. The van der Waals surface area contributed by atoms with Crippen molar-refractivity contribution >= 4 is 15.9 Å². The van der Waals surface area contributed by atoms with Crippen molar-refractivity contribution in [3.63, 3.8) is 0 Å². The Morgan fingerprint density at radius 3 is 2.61 bits per heavy atom. The molecule has 18 heavy (non-hydrogen) atoms. The van der Waals surface area contributed by atoms with Gasteiger partial charge in [-0.15, -0.1) is 0 Å². The van der Waals surface area contributed by atoms with Gasteiger partial charge >= 0.3 is 0 Å². The average Bonchev–Trinajstić information content (AvgIpc) is 3.04. The Morgan fingerprint density at radius 1 is 1.33 bits per heavy atom. The smallest absolute Gasteiger partial charge is 0.174 e. The Morgan fingerprint density at radius 2 is 2.06 bits per heavy atom. The minimum Gasteiger partial charge on any atom is -0.493 e. The Labute approximate surface area is 117 Å². The van der Waals surface area contributed by atoms with E-state index in [1.54, 1.807) is 14.2 Å². The lowest BCUT2D eigenvalue weighted by atomic mass is 10.2. The van der Waals surface area contributed by atoms with Gasteiger partial charge in [0.25, 0.3) is 0 Å². The third kappa shape index (κ3) is 3.18. The molecular formula is C14H20BrNO2. The summed E-state index contributed by atoms with van der Waals surface area (Å²) < 4.78 is 11.6. The van der Waals surface area contributed by atoms with Crippen LogP contribution in [0.25, 0.3) is 0 Å². The second-order valence-corrected chi connectivity index (χ2v) is 5.77. The zero-order valence-corrected chi connectivity index (χ0v) is 12.7. The van der Waals surface area contributed by atoms with Crippen molar-refractivity contribution < 1.29 is 9.47 Å². The van der Waals surface area contributed by atoms with E-state index < -0.39 is 0 Å². The summed E-state index contributed by atoms with van der Waals surface area (Å²) in [5.41, 5.74) is 1.20. The zero-order chi connectivity index (χ0) is 13.1. The summed E-state index contributed by atoms with van der Waals surface area (Å²) in [4.78, 5) is 0. The van der Waals surface area contributed by atoms with Crippen molar-refractivity contribution in [2.24, 2.45) is 11.8 Å². The number of hydrogen-bond donors (Lipinski definition) is 1. The van der Waals surface area contributed by atoms with Crippen molar-refractivity contribution in [3.05, 3.63) is 22.2 Å². The number of ether oxygens (including phenoxy) is 2. The van der Waals surface area contributed by atoms with E-state index >= 15 is 0 Å². The van der Waals surface area contributed by atoms with Crippen molar-refractivity contribution in [1.29, 1.82) is 0 Å². The molecule has 0 saturated heterocycles. The molecule has 1 aliphatic carbocycles. The number of benzene rings is 1. The second kappa shape index (κ2) is 5.93. The molecule has 2 unspecified atom stereocenters. The molecule has 0 aromatic heterocycles. The first-order valence-electron chi connectivity index (χ1n) is 6.26. The summed E-state index contributed by atoms with van der Waals surface area (Å²) >= 11 is 3.51. The number of methoxy groups -OCH3 is 2. The third-order valence-corrected chi connectivity index (χ3v) is 4.09. The molecule has 1 aromatic carbocycles. The molecule has 0 radical (unpaired) electrons. The molecule has 100 valence electrons. The Hall–Kier alpha value is -0.740. The molecule has 2 rings (SSSR count). The van der Waals surface area contributed by atoms with E-state index in [0.29, 0.717) is 0 Å². The molecule has 0 aliphatic heterocycles. The number of nitrogens with one attached hydrogen (secondary N) is 1. The summed E-state index contributed by atoms with van der Waals surface area (Å²) in [5, 5.41) is 3.49. The molecule has 2 atom stereocenters. The maximum Gasteiger partial charge on any atom is 0.174 e. The van der Waals surface area contributed by atoms with E-state index in [4.69, 9.17) is 9.47 Å². The summed E-state index contributed by atoms with van der Waals surface area (Å²) in [6.45, 7) is 4.27. The van der Waals surface area contributed by atoms with Crippen LogP contribution >= 0.6 is 15.9 Å². The van der Waals surface area contributed by atoms with Crippen LogP contribution in [0, 0.1) is 11.8 Å². The SMILES string of the molecule is COc1cc(CNCC2CC2C)cc(Br)c1OC. The van der Waals surface area contributed by atoms with Gasteiger partial charge in [0, 0.05) is 6.54 Å². The Bertz CT molecular complexity index is 423.